The van der Waals surface area contributed by atoms with Crippen LogP contribution in [-0.4, -0.2) is 9.76 Å². The number of rotatable bonds is 3. The van der Waals surface area contributed by atoms with Crippen LogP contribution in [0.4, 0.5) is 0 Å². The molecule has 0 fully saturated rings. The van der Waals surface area contributed by atoms with Crippen molar-refractivity contribution >= 4 is 18.6 Å². The van der Waals surface area contributed by atoms with Crippen LogP contribution < -0.4 is 0 Å². The second kappa shape index (κ2) is 3.62. The minimum absolute atomic E-state index is 0.195. The third-order valence-corrected chi connectivity index (χ3v) is 1.73. The number of hydrogen-bond acceptors (Lipinski definition) is 2. The molecule has 0 spiro atoms. The zero-order valence-corrected chi connectivity index (χ0v) is 7.34. The molecule has 0 saturated carbocycles. The van der Waals surface area contributed by atoms with Gasteiger partial charge in [0.25, 0.3) is 0 Å². The van der Waals surface area contributed by atoms with E-state index in [2.05, 4.69) is 12.8 Å². The van der Waals surface area contributed by atoms with Crippen molar-refractivity contribution in [1.29, 1.82) is 0 Å². The molecule has 1 aromatic rings. The highest BCUT2D eigenvalue weighted by Gasteiger charge is 2.04. The lowest BCUT2D eigenvalue weighted by molar-refractivity contribution is 0.0982. The van der Waals surface area contributed by atoms with Gasteiger partial charge in [0.15, 0.2) is 5.78 Å². The molecule has 1 aromatic heterocycles. The molecule has 0 aliphatic heterocycles. The van der Waals surface area contributed by atoms with E-state index in [0.717, 1.165) is 12.0 Å². The maximum atomic E-state index is 11.2. The Kier molecular flexibility index (Phi) is 2.76. The first kappa shape index (κ1) is 8.40. The quantitative estimate of drug-likeness (QED) is 0.543. The third kappa shape index (κ3) is 2.12. The predicted octanol–water partition coefficient (Wildman–Crippen LogP) is 2.16. The highest BCUT2D eigenvalue weighted by molar-refractivity contribution is 7.78. The number of carbonyl (C=O) groups is 1. The first-order chi connectivity index (χ1) is 5.24. The average molecular weight is 169 g/mol. The number of thiol groups is 1. The Morgan fingerprint density at radius 2 is 2.45 bits per heavy atom. The maximum Gasteiger partial charge on any atom is 0.164 e. The molecule has 0 atom stereocenters. The van der Waals surface area contributed by atoms with Crippen LogP contribution in [0.25, 0.3) is 0 Å². The number of carbonyl (C=O) groups excluding carboxylic acids is 1. The van der Waals surface area contributed by atoms with E-state index < -0.39 is 0 Å². The fourth-order valence-electron chi connectivity index (χ4n) is 0.922. The van der Waals surface area contributed by atoms with Gasteiger partial charge in [-0.05, 0) is 12.5 Å². The molecular weight excluding hydrogens is 158 g/mol. The van der Waals surface area contributed by atoms with Crippen molar-refractivity contribution in [3.05, 3.63) is 24.0 Å². The number of hydrogen-bond donors (Lipinski definition) is 1. The van der Waals surface area contributed by atoms with Crippen molar-refractivity contribution in [2.75, 3.05) is 0 Å². The maximum absolute atomic E-state index is 11.2. The molecule has 60 valence electrons. The molecule has 0 aromatic carbocycles. The average Bonchev–Trinajstić information content (AvgIpc) is 2.36. The van der Waals surface area contributed by atoms with Crippen molar-refractivity contribution < 1.29 is 4.79 Å². The third-order valence-electron chi connectivity index (χ3n) is 1.48. The van der Waals surface area contributed by atoms with Crippen molar-refractivity contribution in [2.45, 2.75) is 19.8 Å². The summed E-state index contributed by atoms with van der Waals surface area (Å²) in [7, 11) is 0. The molecule has 0 aliphatic carbocycles. The van der Waals surface area contributed by atoms with Crippen LogP contribution in [0.1, 0.15) is 30.1 Å². The Morgan fingerprint density at radius 1 is 1.73 bits per heavy atom. The Labute approximate surface area is 71.8 Å². The van der Waals surface area contributed by atoms with Gasteiger partial charge in [0, 0.05) is 24.4 Å². The topological polar surface area (TPSA) is 22.0 Å². The summed E-state index contributed by atoms with van der Waals surface area (Å²) in [5.74, 6) is 0.195. The number of aromatic nitrogens is 1. The van der Waals surface area contributed by atoms with Gasteiger partial charge in [-0.1, -0.05) is 19.7 Å². The van der Waals surface area contributed by atoms with E-state index in [1.165, 1.54) is 0 Å². The monoisotopic (exact) mass is 169 g/mol. The fourth-order valence-corrected chi connectivity index (χ4v) is 1.11. The van der Waals surface area contributed by atoms with Crippen LogP contribution in [0.15, 0.2) is 18.5 Å². The van der Waals surface area contributed by atoms with E-state index in [4.69, 9.17) is 0 Å². The predicted molar refractivity (Wildman–Crippen MR) is 48.1 cm³/mol. The molecule has 3 heteroatoms. The summed E-state index contributed by atoms with van der Waals surface area (Å²) >= 11 is 4.03. The molecule has 0 saturated heterocycles. The molecule has 2 nitrogen and oxygen atoms in total. The minimum atomic E-state index is 0.195. The van der Waals surface area contributed by atoms with Crippen LogP contribution >= 0.6 is 12.8 Å². The van der Waals surface area contributed by atoms with Crippen LogP contribution in [0.5, 0.6) is 0 Å². The van der Waals surface area contributed by atoms with E-state index in [1.807, 2.05) is 6.92 Å². The highest BCUT2D eigenvalue weighted by atomic mass is 32.1. The Morgan fingerprint density at radius 3 is 2.91 bits per heavy atom. The van der Waals surface area contributed by atoms with Gasteiger partial charge >= 0.3 is 0 Å². The van der Waals surface area contributed by atoms with Crippen LogP contribution in [0, 0.1) is 0 Å². The lowest BCUT2D eigenvalue weighted by Gasteiger charge is -1.91. The number of Topliss-reactive ketones (excluding diaryl/α,β-unsaturated/α-hetero) is 1. The summed E-state index contributed by atoms with van der Waals surface area (Å²) in [6.07, 6.45) is 5.00. The first-order valence-electron chi connectivity index (χ1n) is 3.64. The van der Waals surface area contributed by atoms with E-state index in [1.54, 1.807) is 22.4 Å². The summed E-state index contributed by atoms with van der Waals surface area (Å²) in [4.78, 5) is 11.2. The second-order valence-electron chi connectivity index (χ2n) is 2.45. The first-order valence-corrected chi connectivity index (χ1v) is 4.04. The van der Waals surface area contributed by atoms with Gasteiger partial charge in [-0.2, -0.15) is 0 Å². The normalized spacial score (nSPS) is 10.0. The van der Waals surface area contributed by atoms with Gasteiger partial charge in [-0.3, -0.25) is 4.79 Å². The molecule has 0 amide bonds. The van der Waals surface area contributed by atoms with Gasteiger partial charge < -0.3 is 3.97 Å². The molecule has 0 aliphatic rings. The smallest absolute Gasteiger partial charge is 0.164 e. The summed E-state index contributed by atoms with van der Waals surface area (Å²) in [6.45, 7) is 2.00. The van der Waals surface area contributed by atoms with E-state index in [0.29, 0.717) is 6.42 Å². The largest absolute Gasteiger partial charge is 0.301 e. The zero-order valence-electron chi connectivity index (χ0n) is 6.45. The molecule has 0 bridgehead atoms. The van der Waals surface area contributed by atoms with E-state index in [9.17, 15) is 4.79 Å². The zero-order chi connectivity index (χ0) is 8.27. The van der Waals surface area contributed by atoms with Gasteiger partial charge in [-0.15, -0.1) is 0 Å². The van der Waals surface area contributed by atoms with Gasteiger partial charge in [-0.25, -0.2) is 0 Å². The molecular formula is C8H11NOS. The van der Waals surface area contributed by atoms with Crippen LogP contribution in [0.2, 0.25) is 0 Å². The molecule has 11 heavy (non-hydrogen) atoms. The number of nitrogens with zero attached hydrogens (tertiary/aromatic N) is 1. The summed E-state index contributed by atoms with van der Waals surface area (Å²) < 4.78 is 1.59. The van der Waals surface area contributed by atoms with Crippen molar-refractivity contribution in [3.63, 3.8) is 0 Å². The second-order valence-corrected chi connectivity index (χ2v) is 2.92. The fraction of sp³-hybridized carbons (Fsp3) is 0.375. The van der Waals surface area contributed by atoms with Gasteiger partial charge in [0.1, 0.15) is 0 Å². The van der Waals surface area contributed by atoms with Crippen LogP contribution in [0.3, 0.4) is 0 Å². The minimum Gasteiger partial charge on any atom is -0.301 e. The standard InChI is InChI=1S/C8H11NOS/c1-2-3-8(10)7-4-5-9(11)6-7/h4-6,11H,2-3H2,1H3. The summed E-state index contributed by atoms with van der Waals surface area (Å²) in [5, 5.41) is 0. The Bertz CT molecular complexity index is 254. The lowest BCUT2D eigenvalue weighted by Crippen LogP contribution is -1.95. The lowest BCUT2D eigenvalue weighted by atomic mass is 10.1. The number of ketones is 1. The molecule has 0 radical (unpaired) electrons. The highest BCUT2D eigenvalue weighted by Crippen LogP contribution is 2.06. The SMILES string of the molecule is CCCC(=O)c1ccn(S)c1. The molecule has 1 heterocycles. The summed E-state index contributed by atoms with van der Waals surface area (Å²) in [5.41, 5.74) is 0.752. The van der Waals surface area contributed by atoms with Crippen molar-refractivity contribution in [1.82, 2.24) is 3.97 Å². The molecule has 0 unspecified atom stereocenters. The van der Waals surface area contributed by atoms with Crippen molar-refractivity contribution in [3.8, 4) is 0 Å². The van der Waals surface area contributed by atoms with E-state index >= 15 is 0 Å². The Balaban J connectivity index is 2.69. The summed E-state index contributed by atoms with van der Waals surface area (Å²) in [6, 6.07) is 1.78. The Hall–Kier alpha value is -0.700. The van der Waals surface area contributed by atoms with Crippen molar-refractivity contribution in [2.24, 2.45) is 0 Å². The van der Waals surface area contributed by atoms with Gasteiger partial charge in [0.2, 0.25) is 0 Å². The molecule has 1 rings (SSSR count). The van der Waals surface area contributed by atoms with Crippen LogP contribution in [-0.2, 0) is 0 Å². The van der Waals surface area contributed by atoms with E-state index in [-0.39, 0.29) is 5.78 Å². The van der Waals surface area contributed by atoms with Gasteiger partial charge in [0.05, 0.1) is 0 Å². The molecule has 0 N–H and O–H groups in total.